The fourth-order valence-electron chi connectivity index (χ4n) is 2.23. The Kier molecular flexibility index (Phi) is 3.07. The van der Waals surface area contributed by atoms with Crippen molar-refractivity contribution in [1.29, 1.82) is 0 Å². The Bertz CT molecular complexity index is 310. The molecule has 15 heavy (non-hydrogen) atoms. The van der Waals surface area contributed by atoms with Gasteiger partial charge >= 0.3 is 0 Å². The molecule has 2 heterocycles. The molecule has 1 atom stereocenters. The van der Waals surface area contributed by atoms with Crippen LogP contribution in [0.3, 0.4) is 0 Å². The van der Waals surface area contributed by atoms with Crippen molar-refractivity contribution in [3.63, 3.8) is 0 Å². The van der Waals surface area contributed by atoms with E-state index in [2.05, 4.69) is 21.7 Å². The van der Waals surface area contributed by atoms with Crippen LogP contribution < -0.4 is 5.73 Å². The molecule has 0 saturated carbocycles. The maximum Gasteiger partial charge on any atom is 0.0551 e. The van der Waals surface area contributed by atoms with Crippen molar-refractivity contribution in [3.8, 4) is 0 Å². The third kappa shape index (κ3) is 2.21. The van der Waals surface area contributed by atoms with Crippen molar-refractivity contribution < 1.29 is 0 Å². The molecule has 1 unspecified atom stereocenters. The summed E-state index contributed by atoms with van der Waals surface area (Å²) in [5.74, 6) is 0. The molecule has 4 heteroatoms. The van der Waals surface area contributed by atoms with E-state index >= 15 is 0 Å². The fraction of sp³-hybridized carbons (Fsp3) is 0.727. The molecule has 0 spiro atoms. The monoisotopic (exact) mass is 208 g/mol. The van der Waals surface area contributed by atoms with Crippen LogP contribution in [-0.2, 0) is 0 Å². The number of aromatic nitrogens is 2. The van der Waals surface area contributed by atoms with E-state index in [-0.39, 0.29) is 6.04 Å². The van der Waals surface area contributed by atoms with Crippen molar-refractivity contribution in [2.45, 2.75) is 31.8 Å². The van der Waals surface area contributed by atoms with E-state index in [1.807, 2.05) is 19.2 Å². The second-order valence-corrected chi connectivity index (χ2v) is 4.52. The van der Waals surface area contributed by atoms with E-state index < -0.39 is 0 Å². The average Bonchev–Trinajstić information content (AvgIpc) is 2.67. The molecule has 1 aliphatic heterocycles. The largest absolute Gasteiger partial charge is 0.323 e. The Balaban J connectivity index is 2.12. The van der Waals surface area contributed by atoms with Crippen LogP contribution in [0.5, 0.6) is 0 Å². The second kappa shape index (κ2) is 4.33. The van der Waals surface area contributed by atoms with Crippen molar-refractivity contribution in [2.75, 3.05) is 20.1 Å². The lowest BCUT2D eigenvalue weighted by atomic mass is 10.1. The summed E-state index contributed by atoms with van der Waals surface area (Å²) < 4.78 is 2.12. The number of nitrogens with zero attached hydrogens (tertiary/aromatic N) is 3. The molecule has 0 amide bonds. The van der Waals surface area contributed by atoms with Crippen LogP contribution in [0.15, 0.2) is 12.3 Å². The molecule has 0 aliphatic carbocycles. The van der Waals surface area contributed by atoms with Gasteiger partial charge in [-0.3, -0.25) is 4.68 Å². The van der Waals surface area contributed by atoms with E-state index in [4.69, 9.17) is 5.73 Å². The summed E-state index contributed by atoms with van der Waals surface area (Å²) in [6.07, 6.45) is 4.22. The highest BCUT2D eigenvalue weighted by Crippen LogP contribution is 2.24. The van der Waals surface area contributed by atoms with Gasteiger partial charge in [-0.05, 0) is 46.0 Å². The Hall–Kier alpha value is -0.870. The molecule has 1 aliphatic rings. The van der Waals surface area contributed by atoms with Gasteiger partial charge in [-0.25, -0.2) is 0 Å². The van der Waals surface area contributed by atoms with Crippen LogP contribution >= 0.6 is 0 Å². The first kappa shape index (κ1) is 10.6. The zero-order valence-corrected chi connectivity index (χ0v) is 9.56. The molecular formula is C11H20N4. The molecule has 1 aromatic heterocycles. The summed E-state index contributed by atoms with van der Waals surface area (Å²) in [7, 11) is 2.17. The summed E-state index contributed by atoms with van der Waals surface area (Å²) >= 11 is 0. The molecule has 0 radical (unpaired) electrons. The zero-order chi connectivity index (χ0) is 10.8. The summed E-state index contributed by atoms with van der Waals surface area (Å²) in [4.78, 5) is 2.37. The molecule has 84 valence electrons. The van der Waals surface area contributed by atoms with Gasteiger partial charge in [0, 0.05) is 12.2 Å². The summed E-state index contributed by atoms with van der Waals surface area (Å²) in [5.41, 5.74) is 7.08. The molecule has 2 rings (SSSR count). The fourth-order valence-corrected chi connectivity index (χ4v) is 2.23. The first-order valence-corrected chi connectivity index (χ1v) is 5.66. The van der Waals surface area contributed by atoms with Gasteiger partial charge in [0.25, 0.3) is 0 Å². The lowest BCUT2D eigenvalue weighted by molar-refractivity contribution is 0.209. The van der Waals surface area contributed by atoms with Gasteiger partial charge in [0.2, 0.25) is 0 Å². The van der Waals surface area contributed by atoms with Gasteiger partial charge in [0.05, 0.1) is 11.7 Å². The predicted octanol–water partition coefficient (Wildman–Crippen LogP) is 1.17. The molecule has 4 nitrogen and oxygen atoms in total. The Labute approximate surface area is 91.1 Å². The molecule has 1 saturated heterocycles. The zero-order valence-electron chi connectivity index (χ0n) is 9.56. The van der Waals surface area contributed by atoms with E-state index in [1.54, 1.807) is 0 Å². The van der Waals surface area contributed by atoms with Crippen LogP contribution in [0.25, 0.3) is 0 Å². The van der Waals surface area contributed by atoms with Crippen LogP contribution in [0.4, 0.5) is 0 Å². The quantitative estimate of drug-likeness (QED) is 0.793. The maximum atomic E-state index is 5.92. The van der Waals surface area contributed by atoms with E-state index in [0.717, 1.165) is 18.8 Å². The number of rotatable bonds is 2. The number of nitrogens with two attached hydrogens (primary N) is 1. The van der Waals surface area contributed by atoms with Gasteiger partial charge in [-0.2, -0.15) is 5.10 Å². The number of hydrogen-bond donors (Lipinski definition) is 1. The molecule has 1 fully saturated rings. The van der Waals surface area contributed by atoms with E-state index in [9.17, 15) is 0 Å². The van der Waals surface area contributed by atoms with Crippen LogP contribution in [0.2, 0.25) is 0 Å². The third-order valence-corrected chi connectivity index (χ3v) is 3.20. The number of piperidine rings is 1. The SMILES string of the molecule is CC(N)c1ccnn1C1CCN(C)CC1. The van der Waals surface area contributed by atoms with E-state index in [1.165, 1.54) is 12.8 Å². The third-order valence-electron chi connectivity index (χ3n) is 3.20. The van der Waals surface area contributed by atoms with Crippen molar-refractivity contribution in [3.05, 3.63) is 18.0 Å². The Morgan fingerprint density at radius 3 is 2.73 bits per heavy atom. The first-order valence-electron chi connectivity index (χ1n) is 5.66. The Morgan fingerprint density at radius 2 is 2.13 bits per heavy atom. The van der Waals surface area contributed by atoms with E-state index in [0.29, 0.717) is 6.04 Å². The van der Waals surface area contributed by atoms with Gasteiger partial charge in [0.15, 0.2) is 0 Å². The maximum absolute atomic E-state index is 5.92. The topological polar surface area (TPSA) is 47.1 Å². The molecule has 0 bridgehead atoms. The minimum atomic E-state index is 0.0761. The molecule has 2 N–H and O–H groups in total. The van der Waals surface area contributed by atoms with Crippen LogP contribution in [0.1, 0.15) is 37.5 Å². The van der Waals surface area contributed by atoms with Gasteiger partial charge in [-0.15, -0.1) is 0 Å². The average molecular weight is 208 g/mol. The van der Waals surface area contributed by atoms with Gasteiger partial charge < -0.3 is 10.6 Å². The lowest BCUT2D eigenvalue weighted by Gasteiger charge is -2.30. The minimum absolute atomic E-state index is 0.0761. The van der Waals surface area contributed by atoms with Gasteiger partial charge in [0.1, 0.15) is 0 Å². The van der Waals surface area contributed by atoms with Crippen molar-refractivity contribution >= 4 is 0 Å². The van der Waals surface area contributed by atoms with Crippen LogP contribution in [-0.4, -0.2) is 34.8 Å². The highest BCUT2D eigenvalue weighted by molar-refractivity contribution is 5.06. The number of hydrogen-bond acceptors (Lipinski definition) is 3. The number of likely N-dealkylation sites (tertiary alicyclic amines) is 1. The molecule has 1 aromatic rings. The van der Waals surface area contributed by atoms with Crippen molar-refractivity contribution in [2.24, 2.45) is 5.73 Å². The highest BCUT2D eigenvalue weighted by Gasteiger charge is 2.21. The normalized spacial score (nSPS) is 21.8. The first-order chi connectivity index (χ1) is 7.18. The lowest BCUT2D eigenvalue weighted by Crippen LogP contribution is -2.32. The van der Waals surface area contributed by atoms with Gasteiger partial charge in [-0.1, -0.05) is 0 Å². The standard InChI is InChI=1S/C11H20N4/c1-9(12)11-3-6-13-15(11)10-4-7-14(2)8-5-10/h3,6,9-10H,4-5,7-8,12H2,1-2H3. The molecule has 0 aromatic carbocycles. The summed E-state index contributed by atoms with van der Waals surface area (Å²) in [5, 5.41) is 4.40. The van der Waals surface area contributed by atoms with Crippen molar-refractivity contribution in [1.82, 2.24) is 14.7 Å². The molecular weight excluding hydrogens is 188 g/mol. The summed E-state index contributed by atoms with van der Waals surface area (Å²) in [6, 6.07) is 2.65. The predicted molar refractivity (Wildman–Crippen MR) is 60.6 cm³/mol. The smallest absolute Gasteiger partial charge is 0.0551 e. The Morgan fingerprint density at radius 1 is 1.47 bits per heavy atom. The highest BCUT2D eigenvalue weighted by atomic mass is 15.3. The van der Waals surface area contributed by atoms with Crippen LogP contribution in [0, 0.1) is 0 Å². The minimum Gasteiger partial charge on any atom is -0.323 e. The second-order valence-electron chi connectivity index (χ2n) is 4.52. The summed E-state index contributed by atoms with van der Waals surface area (Å²) in [6.45, 7) is 4.33.